The Morgan fingerprint density at radius 3 is 3.00 bits per heavy atom. The largest absolute Gasteiger partial charge is 0.376 e. The van der Waals surface area contributed by atoms with Gasteiger partial charge in [-0.1, -0.05) is 20.8 Å². The summed E-state index contributed by atoms with van der Waals surface area (Å²) in [6.07, 6.45) is 5.86. The topological polar surface area (TPSA) is 82.2 Å². The van der Waals surface area contributed by atoms with Crippen LogP contribution in [0.4, 0.5) is 5.69 Å². The lowest BCUT2D eigenvalue weighted by Crippen LogP contribution is -2.45. The van der Waals surface area contributed by atoms with E-state index in [0.717, 1.165) is 26.0 Å². The summed E-state index contributed by atoms with van der Waals surface area (Å²) < 4.78 is 7.36. The molecule has 0 spiro atoms. The minimum absolute atomic E-state index is 0.186. The number of anilines is 1. The molecule has 1 aliphatic heterocycles. The van der Waals surface area contributed by atoms with Crippen LogP contribution in [0.1, 0.15) is 33.6 Å². The third-order valence-corrected chi connectivity index (χ3v) is 3.53. The molecule has 1 aliphatic rings. The zero-order valence-electron chi connectivity index (χ0n) is 12.4. The summed E-state index contributed by atoms with van der Waals surface area (Å²) in [7, 11) is 0. The predicted molar refractivity (Wildman–Crippen MR) is 77.3 cm³/mol. The standard InChI is InChI=1S/C14H24N4O2/c1-14(2,3)12(15)13(19)17-10-7-16-18(8-10)9-11-5-4-6-20-11/h7-8,11-12H,4-6,9,15H2,1-3H3,(H,17,19)/t11?,12-/m1/s1. The van der Waals surface area contributed by atoms with E-state index in [0.29, 0.717) is 5.69 Å². The van der Waals surface area contributed by atoms with E-state index in [9.17, 15) is 4.79 Å². The van der Waals surface area contributed by atoms with E-state index in [1.807, 2.05) is 27.0 Å². The maximum atomic E-state index is 12.0. The molecular formula is C14H24N4O2. The molecule has 2 atom stereocenters. The van der Waals surface area contributed by atoms with Crippen LogP contribution in [0.2, 0.25) is 0 Å². The SMILES string of the molecule is CC(C)(C)[C@H](N)C(=O)Nc1cnn(CC2CCCO2)c1. The van der Waals surface area contributed by atoms with Crippen LogP contribution in [-0.2, 0) is 16.1 Å². The summed E-state index contributed by atoms with van der Waals surface area (Å²) in [6.45, 7) is 7.38. The van der Waals surface area contributed by atoms with Crippen molar-refractivity contribution >= 4 is 11.6 Å². The Morgan fingerprint density at radius 1 is 1.65 bits per heavy atom. The van der Waals surface area contributed by atoms with Gasteiger partial charge in [-0.3, -0.25) is 9.48 Å². The van der Waals surface area contributed by atoms with Crippen LogP contribution in [0, 0.1) is 5.41 Å². The second kappa shape index (κ2) is 5.93. The first-order chi connectivity index (χ1) is 9.36. The molecule has 2 rings (SSSR count). The maximum Gasteiger partial charge on any atom is 0.241 e. The third-order valence-electron chi connectivity index (χ3n) is 3.53. The lowest BCUT2D eigenvalue weighted by atomic mass is 9.87. The fourth-order valence-electron chi connectivity index (χ4n) is 2.14. The van der Waals surface area contributed by atoms with E-state index in [4.69, 9.17) is 10.5 Å². The molecule has 1 fully saturated rings. The molecule has 1 amide bonds. The van der Waals surface area contributed by atoms with Crippen molar-refractivity contribution in [3.05, 3.63) is 12.4 Å². The minimum Gasteiger partial charge on any atom is -0.376 e. The zero-order chi connectivity index (χ0) is 14.8. The average molecular weight is 280 g/mol. The highest BCUT2D eigenvalue weighted by Crippen LogP contribution is 2.19. The second-order valence-corrected chi connectivity index (χ2v) is 6.42. The number of hydrogen-bond acceptors (Lipinski definition) is 4. The number of nitrogens with two attached hydrogens (primary N) is 1. The van der Waals surface area contributed by atoms with Gasteiger partial charge in [0.1, 0.15) is 0 Å². The Kier molecular flexibility index (Phi) is 4.45. The molecule has 1 aromatic heterocycles. The van der Waals surface area contributed by atoms with Crippen molar-refractivity contribution in [1.82, 2.24) is 9.78 Å². The maximum absolute atomic E-state index is 12.0. The lowest BCUT2D eigenvalue weighted by molar-refractivity contribution is -0.119. The van der Waals surface area contributed by atoms with Gasteiger partial charge in [-0.2, -0.15) is 5.10 Å². The first kappa shape index (κ1) is 15.0. The van der Waals surface area contributed by atoms with Gasteiger partial charge in [0, 0.05) is 12.8 Å². The predicted octanol–water partition coefficient (Wildman–Crippen LogP) is 1.37. The zero-order valence-corrected chi connectivity index (χ0v) is 12.4. The van der Waals surface area contributed by atoms with Crippen molar-refractivity contribution in [3.63, 3.8) is 0 Å². The van der Waals surface area contributed by atoms with Crippen molar-refractivity contribution in [2.45, 2.75) is 52.3 Å². The van der Waals surface area contributed by atoms with Crippen LogP contribution in [0.3, 0.4) is 0 Å². The Balaban J connectivity index is 1.90. The number of ether oxygens (including phenoxy) is 1. The second-order valence-electron chi connectivity index (χ2n) is 6.42. The molecule has 0 saturated carbocycles. The number of nitrogens with one attached hydrogen (secondary N) is 1. The summed E-state index contributed by atoms with van der Waals surface area (Å²) in [5.74, 6) is -0.186. The first-order valence-electron chi connectivity index (χ1n) is 7.07. The van der Waals surface area contributed by atoms with Crippen LogP contribution in [0.15, 0.2) is 12.4 Å². The third kappa shape index (κ3) is 3.80. The molecule has 6 nitrogen and oxygen atoms in total. The summed E-state index contributed by atoms with van der Waals surface area (Å²) in [4.78, 5) is 12.0. The molecule has 0 aliphatic carbocycles. The average Bonchev–Trinajstić information content (AvgIpc) is 2.99. The molecule has 3 N–H and O–H groups in total. The van der Waals surface area contributed by atoms with E-state index < -0.39 is 6.04 Å². The van der Waals surface area contributed by atoms with E-state index in [2.05, 4.69) is 10.4 Å². The molecule has 6 heteroatoms. The van der Waals surface area contributed by atoms with Gasteiger partial charge >= 0.3 is 0 Å². The van der Waals surface area contributed by atoms with Gasteiger partial charge in [-0.25, -0.2) is 0 Å². The van der Waals surface area contributed by atoms with Gasteiger partial charge in [-0.15, -0.1) is 0 Å². The van der Waals surface area contributed by atoms with Crippen molar-refractivity contribution in [2.24, 2.45) is 11.1 Å². The van der Waals surface area contributed by atoms with Gasteiger partial charge < -0.3 is 15.8 Å². The fourth-order valence-corrected chi connectivity index (χ4v) is 2.14. The summed E-state index contributed by atoms with van der Waals surface area (Å²) >= 11 is 0. The van der Waals surface area contributed by atoms with Crippen LogP contribution in [-0.4, -0.2) is 34.4 Å². The van der Waals surface area contributed by atoms with Crippen LogP contribution >= 0.6 is 0 Å². The number of aromatic nitrogens is 2. The molecule has 112 valence electrons. The van der Waals surface area contributed by atoms with Crippen molar-refractivity contribution in [2.75, 3.05) is 11.9 Å². The summed E-state index contributed by atoms with van der Waals surface area (Å²) in [5.41, 5.74) is 6.33. The lowest BCUT2D eigenvalue weighted by Gasteiger charge is -2.25. The molecular weight excluding hydrogens is 256 g/mol. The van der Waals surface area contributed by atoms with E-state index >= 15 is 0 Å². The first-order valence-corrected chi connectivity index (χ1v) is 7.07. The molecule has 2 heterocycles. The highest BCUT2D eigenvalue weighted by Gasteiger charge is 2.27. The Hall–Kier alpha value is -1.40. The Bertz CT molecular complexity index is 458. The molecule has 1 saturated heterocycles. The van der Waals surface area contributed by atoms with Gasteiger partial charge in [0.05, 0.1) is 30.6 Å². The van der Waals surface area contributed by atoms with E-state index in [1.54, 1.807) is 10.9 Å². The number of hydrogen-bond donors (Lipinski definition) is 2. The number of carbonyl (C=O) groups excluding carboxylic acids is 1. The summed E-state index contributed by atoms with van der Waals surface area (Å²) in [6, 6.07) is -0.552. The molecule has 0 aromatic carbocycles. The van der Waals surface area contributed by atoms with Crippen LogP contribution in [0.5, 0.6) is 0 Å². The fraction of sp³-hybridized carbons (Fsp3) is 0.714. The number of rotatable bonds is 4. The number of amides is 1. The normalized spacial score (nSPS) is 20.9. The monoisotopic (exact) mass is 280 g/mol. The van der Waals surface area contributed by atoms with Gasteiger partial charge in [0.25, 0.3) is 0 Å². The highest BCUT2D eigenvalue weighted by atomic mass is 16.5. The summed E-state index contributed by atoms with van der Waals surface area (Å²) in [5, 5.41) is 7.04. The molecule has 1 unspecified atom stereocenters. The minimum atomic E-state index is -0.552. The van der Waals surface area contributed by atoms with Crippen LogP contribution in [0.25, 0.3) is 0 Å². The molecule has 0 radical (unpaired) electrons. The van der Waals surface area contributed by atoms with Crippen molar-refractivity contribution in [3.8, 4) is 0 Å². The van der Waals surface area contributed by atoms with Crippen molar-refractivity contribution < 1.29 is 9.53 Å². The number of carbonyl (C=O) groups is 1. The van der Waals surface area contributed by atoms with E-state index in [-0.39, 0.29) is 17.4 Å². The quantitative estimate of drug-likeness (QED) is 0.872. The Labute approximate surface area is 119 Å². The van der Waals surface area contributed by atoms with Gasteiger partial charge in [-0.05, 0) is 18.3 Å². The molecule has 0 bridgehead atoms. The van der Waals surface area contributed by atoms with E-state index in [1.165, 1.54) is 0 Å². The van der Waals surface area contributed by atoms with Crippen LogP contribution < -0.4 is 11.1 Å². The number of nitrogens with zero attached hydrogens (tertiary/aromatic N) is 2. The van der Waals surface area contributed by atoms with Gasteiger partial charge in [0.2, 0.25) is 5.91 Å². The van der Waals surface area contributed by atoms with Gasteiger partial charge in [0.15, 0.2) is 0 Å². The van der Waals surface area contributed by atoms with Crippen molar-refractivity contribution in [1.29, 1.82) is 0 Å². The smallest absolute Gasteiger partial charge is 0.241 e. The Morgan fingerprint density at radius 2 is 2.40 bits per heavy atom. The molecule has 1 aromatic rings. The highest BCUT2D eigenvalue weighted by molar-refractivity contribution is 5.94. The molecule has 20 heavy (non-hydrogen) atoms.